The Balaban J connectivity index is 0.000000963. The Morgan fingerprint density at radius 1 is 1.31 bits per heavy atom. The largest absolute Gasteiger partial charge is 0.464 e. The van der Waals surface area contributed by atoms with Crippen LogP contribution in [-0.2, 0) is 6.42 Å². The summed E-state index contributed by atoms with van der Waals surface area (Å²) in [6, 6.07) is 6.37. The molecule has 0 radical (unpaired) electrons. The Kier molecular flexibility index (Phi) is 3.22. The van der Waals surface area contributed by atoms with Gasteiger partial charge in [0, 0.05) is 5.39 Å². The van der Waals surface area contributed by atoms with Crippen molar-refractivity contribution in [2.45, 2.75) is 25.2 Å². The third kappa shape index (κ3) is 1.62. The van der Waals surface area contributed by atoms with Gasteiger partial charge in [-0.05, 0) is 55.0 Å². The van der Waals surface area contributed by atoms with Crippen molar-refractivity contribution in [2.75, 3.05) is 6.54 Å². The molecule has 0 fully saturated rings. The lowest BCUT2D eigenvalue weighted by atomic mass is 9.95. The molecule has 0 spiro atoms. The van der Waals surface area contributed by atoms with Crippen LogP contribution in [0.15, 0.2) is 28.9 Å². The maximum absolute atomic E-state index is 5.66. The number of nitrogens with two attached hydrogens (primary N) is 1. The Hall–Kier alpha value is -0.990. The second kappa shape index (κ2) is 4.48. The van der Waals surface area contributed by atoms with Gasteiger partial charge in [-0.2, -0.15) is 0 Å². The standard InChI is InChI=1S/C13H15NO.ClH/c14-7-5-10-2-1-9-3-4-12-11(13(9)10)6-8-15-12;/h3-4,6,8,10H,1-2,5,7,14H2;1H. The number of aryl methyl sites for hydroxylation is 1. The van der Waals surface area contributed by atoms with E-state index >= 15 is 0 Å². The lowest BCUT2D eigenvalue weighted by Crippen LogP contribution is -2.04. The minimum absolute atomic E-state index is 0. The maximum atomic E-state index is 5.66. The molecule has 86 valence electrons. The molecule has 0 bridgehead atoms. The van der Waals surface area contributed by atoms with Crippen LogP contribution in [-0.4, -0.2) is 6.54 Å². The fraction of sp³-hybridized carbons (Fsp3) is 0.385. The molecule has 16 heavy (non-hydrogen) atoms. The number of hydrogen-bond acceptors (Lipinski definition) is 2. The summed E-state index contributed by atoms with van der Waals surface area (Å²) in [4.78, 5) is 0. The Bertz CT molecular complexity index is 490. The van der Waals surface area contributed by atoms with Gasteiger partial charge in [-0.1, -0.05) is 6.07 Å². The molecule has 1 atom stereocenters. The molecule has 2 aromatic rings. The summed E-state index contributed by atoms with van der Waals surface area (Å²) < 4.78 is 5.44. The topological polar surface area (TPSA) is 39.2 Å². The van der Waals surface area contributed by atoms with Crippen LogP contribution < -0.4 is 5.73 Å². The minimum Gasteiger partial charge on any atom is -0.464 e. The third-order valence-corrected chi connectivity index (χ3v) is 3.45. The predicted molar refractivity (Wildman–Crippen MR) is 68.2 cm³/mol. The second-order valence-corrected chi connectivity index (χ2v) is 4.28. The zero-order valence-corrected chi connectivity index (χ0v) is 9.93. The summed E-state index contributed by atoms with van der Waals surface area (Å²) in [7, 11) is 0. The summed E-state index contributed by atoms with van der Waals surface area (Å²) in [5.74, 6) is 0.645. The molecule has 2 nitrogen and oxygen atoms in total. The molecule has 3 heteroatoms. The van der Waals surface area contributed by atoms with Crippen molar-refractivity contribution in [1.82, 2.24) is 0 Å². The van der Waals surface area contributed by atoms with E-state index in [1.165, 1.54) is 29.4 Å². The van der Waals surface area contributed by atoms with Gasteiger partial charge in [0.15, 0.2) is 0 Å². The van der Waals surface area contributed by atoms with Crippen molar-refractivity contribution >= 4 is 23.4 Å². The Morgan fingerprint density at radius 3 is 3.00 bits per heavy atom. The quantitative estimate of drug-likeness (QED) is 0.871. The fourth-order valence-corrected chi connectivity index (χ4v) is 2.78. The van der Waals surface area contributed by atoms with E-state index in [2.05, 4.69) is 18.2 Å². The van der Waals surface area contributed by atoms with E-state index < -0.39 is 0 Å². The third-order valence-electron chi connectivity index (χ3n) is 3.45. The van der Waals surface area contributed by atoms with Gasteiger partial charge in [0.2, 0.25) is 0 Å². The summed E-state index contributed by atoms with van der Waals surface area (Å²) in [5.41, 5.74) is 9.65. The first-order chi connectivity index (χ1) is 7.40. The molecule has 1 heterocycles. The van der Waals surface area contributed by atoms with Crippen molar-refractivity contribution in [3.8, 4) is 0 Å². The second-order valence-electron chi connectivity index (χ2n) is 4.28. The zero-order valence-electron chi connectivity index (χ0n) is 9.11. The monoisotopic (exact) mass is 237 g/mol. The average molecular weight is 238 g/mol. The summed E-state index contributed by atoms with van der Waals surface area (Å²) in [5, 5.41) is 1.29. The van der Waals surface area contributed by atoms with Crippen molar-refractivity contribution in [2.24, 2.45) is 5.73 Å². The van der Waals surface area contributed by atoms with Crippen LogP contribution in [0.25, 0.3) is 11.0 Å². The number of furan rings is 1. The molecule has 0 saturated carbocycles. The number of rotatable bonds is 2. The van der Waals surface area contributed by atoms with Crippen LogP contribution in [0.5, 0.6) is 0 Å². The van der Waals surface area contributed by atoms with Crippen molar-refractivity contribution < 1.29 is 4.42 Å². The number of hydrogen-bond donors (Lipinski definition) is 1. The highest BCUT2D eigenvalue weighted by Gasteiger charge is 2.24. The number of fused-ring (bicyclic) bond motifs is 3. The van der Waals surface area contributed by atoms with Crippen molar-refractivity contribution in [1.29, 1.82) is 0 Å². The highest BCUT2D eigenvalue weighted by molar-refractivity contribution is 5.85. The van der Waals surface area contributed by atoms with Gasteiger partial charge >= 0.3 is 0 Å². The maximum Gasteiger partial charge on any atom is 0.134 e. The number of benzene rings is 1. The normalized spacial score (nSPS) is 18.4. The van der Waals surface area contributed by atoms with E-state index in [1.54, 1.807) is 6.26 Å². The molecule has 1 unspecified atom stereocenters. The van der Waals surface area contributed by atoms with E-state index in [9.17, 15) is 0 Å². The summed E-state index contributed by atoms with van der Waals surface area (Å²) in [6.45, 7) is 0.776. The lowest BCUT2D eigenvalue weighted by Gasteiger charge is -2.10. The molecular weight excluding hydrogens is 222 g/mol. The van der Waals surface area contributed by atoms with Crippen LogP contribution in [0.1, 0.15) is 29.9 Å². The van der Waals surface area contributed by atoms with E-state index in [0.717, 1.165) is 18.5 Å². The first-order valence-electron chi connectivity index (χ1n) is 5.59. The molecule has 0 aliphatic heterocycles. The molecule has 2 N–H and O–H groups in total. The van der Waals surface area contributed by atoms with Gasteiger partial charge in [-0.3, -0.25) is 0 Å². The first kappa shape index (κ1) is 11.5. The van der Waals surface area contributed by atoms with Crippen LogP contribution >= 0.6 is 12.4 Å². The smallest absolute Gasteiger partial charge is 0.134 e. The number of halogens is 1. The first-order valence-corrected chi connectivity index (χ1v) is 5.59. The van der Waals surface area contributed by atoms with Crippen LogP contribution in [0.4, 0.5) is 0 Å². The summed E-state index contributed by atoms with van der Waals surface area (Å²) >= 11 is 0. The SMILES string of the molecule is Cl.NCCC1CCc2ccc3occc3c21. The molecule has 1 aromatic carbocycles. The van der Waals surface area contributed by atoms with E-state index in [0.29, 0.717) is 5.92 Å². The fourth-order valence-electron chi connectivity index (χ4n) is 2.78. The molecule has 1 aliphatic carbocycles. The van der Waals surface area contributed by atoms with Crippen LogP contribution in [0, 0.1) is 0 Å². The predicted octanol–water partition coefficient (Wildman–Crippen LogP) is 3.23. The lowest BCUT2D eigenvalue weighted by molar-refractivity contribution is 0.614. The molecular formula is C13H16ClNO. The van der Waals surface area contributed by atoms with Gasteiger partial charge in [0.25, 0.3) is 0 Å². The van der Waals surface area contributed by atoms with Gasteiger partial charge in [0.05, 0.1) is 6.26 Å². The molecule has 1 aromatic heterocycles. The Labute approximate surface area is 101 Å². The minimum atomic E-state index is 0. The van der Waals surface area contributed by atoms with Gasteiger partial charge in [-0.15, -0.1) is 12.4 Å². The molecule has 0 amide bonds. The van der Waals surface area contributed by atoms with Gasteiger partial charge in [-0.25, -0.2) is 0 Å². The molecule has 1 aliphatic rings. The van der Waals surface area contributed by atoms with Crippen LogP contribution in [0.2, 0.25) is 0 Å². The van der Waals surface area contributed by atoms with Crippen molar-refractivity contribution in [3.63, 3.8) is 0 Å². The molecule has 3 rings (SSSR count). The van der Waals surface area contributed by atoms with Gasteiger partial charge in [0.1, 0.15) is 5.58 Å². The van der Waals surface area contributed by atoms with Crippen LogP contribution in [0.3, 0.4) is 0 Å². The summed E-state index contributed by atoms with van der Waals surface area (Å²) in [6.07, 6.45) is 5.32. The highest BCUT2D eigenvalue weighted by Crippen LogP contribution is 2.40. The average Bonchev–Trinajstić information content (AvgIpc) is 2.83. The van der Waals surface area contributed by atoms with Gasteiger partial charge < -0.3 is 10.2 Å². The van der Waals surface area contributed by atoms with E-state index in [4.69, 9.17) is 10.2 Å². The highest BCUT2D eigenvalue weighted by atomic mass is 35.5. The molecule has 0 saturated heterocycles. The van der Waals surface area contributed by atoms with E-state index in [1.807, 2.05) is 0 Å². The zero-order chi connectivity index (χ0) is 10.3. The van der Waals surface area contributed by atoms with E-state index in [-0.39, 0.29) is 12.4 Å². The van der Waals surface area contributed by atoms with Crippen molar-refractivity contribution in [3.05, 3.63) is 35.6 Å². The Morgan fingerprint density at radius 2 is 2.19 bits per heavy atom.